The summed E-state index contributed by atoms with van der Waals surface area (Å²) in [6, 6.07) is 4.58. The molecule has 0 bridgehead atoms. The normalized spacial score (nSPS) is 11.5. The Bertz CT molecular complexity index is 456. The van der Waals surface area contributed by atoms with Crippen LogP contribution in [0.15, 0.2) is 24.3 Å². The lowest BCUT2D eigenvalue weighted by Gasteiger charge is -2.14. The van der Waals surface area contributed by atoms with Crippen LogP contribution in [0.25, 0.3) is 0 Å². The summed E-state index contributed by atoms with van der Waals surface area (Å²) in [7, 11) is 0. The van der Waals surface area contributed by atoms with E-state index < -0.39 is 11.7 Å². The standard InChI is InChI=1S/C15H21F3N2O/c1-3-11(4-2)9-19-14(21)20-10-12-6-5-7-13(8-12)15(16,17)18/h5-8,11H,3-4,9-10H2,1-2H3,(H2,19,20,21). The van der Waals surface area contributed by atoms with Gasteiger partial charge in [-0.05, 0) is 23.6 Å². The first-order valence-corrected chi connectivity index (χ1v) is 7.04. The summed E-state index contributed by atoms with van der Waals surface area (Å²) < 4.78 is 37.7. The third-order valence-electron chi connectivity index (χ3n) is 3.41. The molecule has 0 aliphatic carbocycles. The van der Waals surface area contributed by atoms with Gasteiger partial charge in [-0.2, -0.15) is 13.2 Å². The SMILES string of the molecule is CCC(CC)CNC(=O)NCc1cccc(C(F)(F)F)c1. The van der Waals surface area contributed by atoms with Crippen molar-refractivity contribution in [2.45, 2.75) is 39.4 Å². The fraction of sp³-hybridized carbons (Fsp3) is 0.533. The fourth-order valence-corrected chi connectivity index (χ4v) is 1.92. The highest BCUT2D eigenvalue weighted by molar-refractivity contribution is 5.73. The monoisotopic (exact) mass is 302 g/mol. The van der Waals surface area contributed by atoms with Gasteiger partial charge >= 0.3 is 12.2 Å². The number of carbonyl (C=O) groups is 1. The van der Waals surface area contributed by atoms with E-state index >= 15 is 0 Å². The second-order valence-corrected chi connectivity index (χ2v) is 4.94. The molecule has 2 N–H and O–H groups in total. The van der Waals surface area contributed by atoms with Crippen molar-refractivity contribution in [3.8, 4) is 0 Å². The number of nitrogens with one attached hydrogen (secondary N) is 2. The van der Waals surface area contributed by atoms with E-state index in [1.165, 1.54) is 6.07 Å². The van der Waals surface area contributed by atoms with Crippen molar-refractivity contribution in [1.82, 2.24) is 10.6 Å². The molecule has 0 aromatic heterocycles. The quantitative estimate of drug-likeness (QED) is 0.821. The van der Waals surface area contributed by atoms with E-state index in [4.69, 9.17) is 0 Å². The predicted molar refractivity (Wildman–Crippen MR) is 75.8 cm³/mol. The number of amides is 2. The highest BCUT2D eigenvalue weighted by Crippen LogP contribution is 2.29. The number of urea groups is 1. The molecule has 1 aromatic carbocycles. The highest BCUT2D eigenvalue weighted by atomic mass is 19.4. The molecule has 0 aliphatic heterocycles. The van der Waals surface area contributed by atoms with Crippen LogP contribution >= 0.6 is 0 Å². The van der Waals surface area contributed by atoms with Gasteiger partial charge in [0.15, 0.2) is 0 Å². The number of benzene rings is 1. The number of carbonyl (C=O) groups excluding carboxylic acids is 1. The lowest BCUT2D eigenvalue weighted by Crippen LogP contribution is -2.37. The molecule has 0 atom stereocenters. The van der Waals surface area contributed by atoms with Crippen molar-refractivity contribution < 1.29 is 18.0 Å². The van der Waals surface area contributed by atoms with Gasteiger partial charge < -0.3 is 10.6 Å². The molecule has 0 aliphatic rings. The van der Waals surface area contributed by atoms with Gasteiger partial charge in [0.2, 0.25) is 0 Å². The van der Waals surface area contributed by atoms with Gasteiger partial charge in [-0.3, -0.25) is 0 Å². The van der Waals surface area contributed by atoms with E-state index in [1.54, 1.807) is 6.07 Å². The van der Waals surface area contributed by atoms with Crippen LogP contribution in [0.3, 0.4) is 0 Å². The summed E-state index contributed by atoms with van der Waals surface area (Å²) in [5.41, 5.74) is -0.290. The Morgan fingerprint density at radius 1 is 1.19 bits per heavy atom. The molecular weight excluding hydrogens is 281 g/mol. The molecule has 0 heterocycles. The predicted octanol–water partition coefficient (Wildman–Crippen LogP) is 3.94. The number of hydrogen-bond donors (Lipinski definition) is 2. The molecule has 0 radical (unpaired) electrons. The Kier molecular flexibility index (Phi) is 6.52. The molecule has 0 saturated heterocycles. The van der Waals surface area contributed by atoms with E-state index in [2.05, 4.69) is 24.5 Å². The lowest BCUT2D eigenvalue weighted by molar-refractivity contribution is -0.137. The van der Waals surface area contributed by atoms with Crippen LogP contribution in [0.1, 0.15) is 37.8 Å². The first-order chi connectivity index (χ1) is 9.86. The van der Waals surface area contributed by atoms with Crippen LogP contribution in [0.4, 0.5) is 18.0 Å². The summed E-state index contributed by atoms with van der Waals surface area (Å²) >= 11 is 0. The molecule has 6 heteroatoms. The minimum Gasteiger partial charge on any atom is -0.338 e. The number of hydrogen-bond acceptors (Lipinski definition) is 1. The molecule has 21 heavy (non-hydrogen) atoms. The van der Waals surface area contributed by atoms with Crippen molar-refractivity contribution >= 4 is 6.03 Å². The van der Waals surface area contributed by atoms with Gasteiger partial charge in [0.05, 0.1) is 5.56 Å². The van der Waals surface area contributed by atoms with Crippen molar-refractivity contribution in [1.29, 1.82) is 0 Å². The topological polar surface area (TPSA) is 41.1 Å². The zero-order valence-corrected chi connectivity index (χ0v) is 12.3. The molecule has 0 fully saturated rings. The molecule has 0 saturated carbocycles. The lowest BCUT2D eigenvalue weighted by atomic mass is 10.0. The molecule has 2 amide bonds. The molecule has 0 unspecified atom stereocenters. The Morgan fingerprint density at radius 2 is 1.86 bits per heavy atom. The Labute approximate surface area is 122 Å². The van der Waals surface area contributed by atoms with E-state index in [-0.39, 0.29) is 12.6 Å². The van der Waals surface area contributed by atoms with Gasteiger partial charge in [-0.1, -0.05) is 38.8 Å². The first-order valence-electron chi connectivity index (χ1n) is 7.04. The summed E-state index contributed by atoms with van der Waals surface area (Å²) in [6.07, 6.45) is -2.41. The maximum Gasteiger partial charge on any atom is 0.416 e. The number of alkyl halides is 3. The summed E-state index contributed by atoms with van der Waals surface area (Å²) in [5.74, 6) is 0.421. The average Bonchev–Trinajstić information content (AvgIpc) is 2.45. The van der Waals surface area contributed by atoms with E-state index in [0.29, 0.717) is 18.0 Å². The smallest absolute Gasteiger partial charge is 0.338 e. The minimum atomic E-state index is -4.37. The van der Waals surface area contributed by atoms with Gasteiger partial charge in [-0.15, -0.1) is 0 Å². The number of rotatable bonds is 6. The van der Waals surface area contributed by atoms with Gasteiger partial charge in [0.25, 0.3) is 0 Å². The van der Waals surface area contributed by atoms with Crippen LogP contribution < -0.4 is 10.6 Å². The molecule has 118 valence electrons. The van der Waals surface area contributed by atoms with Gasteiger partial charge in [0, 0.05) is 13.1 Å². The second-order valence-electron chi connectivity index (χ2n) is 4.94. The summed E-state index contributed by atoms with van der Waals surface area (Å²) in [6.45, 7) is 4.74. The van der Waals surface area contributed by atoms with Crippen LogP contribution in [0, 0.1) is 5.92 Å². The Balaban J connectivity index is 2.46. The van der Waals surface area contributed by atoms with E-state index in [1.807, 2.05) is 0 Å². The van der Waals surface area contributed by atoms with Crippen molar-refractivity contribution in [2.24, 2.45) is 5.92 Å². The number of halogens is 3. The van der Waals surface area contributed by atoms with Crippen molar-refractivity contribution in [3.63, 3.8) is 0 Å². The van der Waals surface area contributed by atoms with E-state index in [0.717, 1.165) is 25.0 Å². The molecule has 1 rings (SSSR count). The highest BCUT2D eigenvalue weighted by Gasteiger charge is 2.30. The molecule has 3 nitrogen and oxygen atoms in total. The Hall–Kier alpha value is -1.72. The van der Waals surface area contributed by atoms with Crippen molar-refractivity contribution in [2.75, 3.05) is 6.54 Å². The Morgan fingerprint density at radius 3 is 2.43 bits per heavy atom. The molecule has 1 aromatic rings. The maximum atomic E-state index is 12.6. The fourth-order valence-electron chi connectivity index (χ4n) is 1.92. The van der Waals surface area contributed by atoms with Crippen molar-refractivity contribution in [3.05, 3.63) is 35.4 Å². The zero-order chi connectivity index (χ0) is 15.9. The summed E-state index contributed by atoms with van der Waals surface area (Å²) in [4.78, 5) is 11.6. The second kappa shape index (κ2) is 7.90. The van der Waals surface area contributed by atoms with Gasteiger partial charge in [0.1, 0.15) is 0 Å². The van der Waals surface area contributed by atoms with Crippen LogP contribution in [0.5, 0.6) is 0 Å². The molecular formula is C15H21F3N2O. The average molecular weight is 302 g/mol. The van der Waals surface area contributed by atoms with Crippen LogP contribution in [-0.2, 0) is 12.7 Å². The van der Waals surface area contributed by atoms with E-state index in [9.17, 15) is 18.0 Å². The van der Waals surface area contributed by atoms with Crippen LogP contribution in [-0.4, -0.2) is 12.6 Å². The van der Waals surface area contributed by atoms with Gasteiger partial charge in [-0.25, -0.2) is 4.79 Å². The largest absolute Gasteiger partial charge is 0.416 e. The van der Waals surface area contributed by atoms with Crippen LogP contribution in [0.2, 0.25) is 0 Å². The molecule has 0 spiro atoms. The third-order valence-corrected chi connectivity index (χ3v) is 3.41. The zero-order valence-electron chi connectivity index (χ0n) is 12.3. The first kappa shape index (κ1) is 17.3. The summed E-state index contributed by atoms with van der Waals surface area (Å²) in [5, 5.41) is 5.29. The minimum absolute atomic E-state index is 0.0681. The maximum absolute atomic E-state index is 12.6. The third kappa shape index (κ3) is 6.06.